The maximum absolute atomic E-state index is 9.94. The van der Waals surface area contributed by atoms with Crippen LogP contribution in [0, 0.1) is 11.8 Å². The van der Waals surface area contributed by atoms with Gasteiger partial charge < -0.3 is 108 Å². The number of hydrogen-bond acceptors (Lipinski definition) is 22. The molecule has 0 saturated carbocycles. The van der Waals surface area contributed by atoms with Crippen molar-refractivity contribution in [1.82, 2.24) is 0 Å². The summed E-state index contributed by atoms with van der Waals surface area (Å²) in [5, 5.41) is 105. The molecule has 2 heterocycles. The maximum Gasteiger partial charge on any atom is 0.163 e. The van der Waals surface area contributed by atoms with Crippen LogP contribution in [0.4, 0.5) is 0 Å². The molecule has 2 fully saturated rings. The normalized spacial score (nSPS) is 29.2. The van der Waals surface area contributed by atoms with Crippen molar-refractivity contribution in [1.29, 1.82) is 0 Å². The zero-order valence-corrected chi connectivity index (χ0v) is 34.9. The SMILES string of the molecule is COC.COCC(O)C(O)C(O)COC.COCC(O)C(O)C(O)CO[C@@H]1O[C@H](CO)C(OC)[C@@H]1C.COCC(O)C(O)C(O)CO[C@@H]1O[C@H](COC)C(O)[C@@H]1C. The highest BCUT2D eigenvalue weighted by Crippen LogP contribution is 2.30. The van der Waals surface area contributed by atoms with Gasteiger partial charge in [0.05, 0.1) is 65.1 Å². The summed E-state index contributed by atoms with van der Waals surface area (Å²) in [6, 6.07) is 0. The van der Waals surface area contributed by atoms with Crippen molar-refractivity contribution in [2.75, 3.05) is 110 Å². The number of rotatable bonds is 24. The Bertz CT molecular complexity index is 901. The van der Waals surface area contributed by atoms with E-state index in [0.29, 0.717) is 0 Å². The molecule has 16 atom stereocenters. The highest BCUT2D eigenvalue weighted by molar-refractivity contribution is 4.86. The molecule has 2 aliphatic rings. The Labute approximate surface area is 335 Å². The zero-order valence-electron chi connectivity index (χ0n) is 34.9. The fraction of sp³-hybridized carbons (Fsp3) is 1.00. The van der Waals surface area contributed by atoms with Crippen LogP contribution in [0.15, 0.2) is 0 Å². The second-order valence-corrected chi connectivity index (χ2v) is 13.4. The Kier molecular flexibility index (Phi) is 34.5. The fourth-order valence-corrected chi connectivity index (χ4v) is 5.37. The zero-order chi connectivity index (χ0) is 44.2. The third-order valence-electron chi connectivity index (χ3n) is 8.64. The van der Waals surface area contributed by atoms with Gasteiger partial charge >= 0.3 is 0 Å². The standard InChI is InChI=1S/2C13H26O8.C7H16O5.C2H6O/c1-7-12(19-3)10(4-14)21-13(7)20-6-9(16)11(17)8(15)5-18-2;1-7-11(16)10(6-19-3)21-13(7)20-5-9(15)12(17)8(14)4-18-2;1-11-3-5(8)7(10)6(9)4-12-2;1-3-2/h2*7-17H,4-6H2,1-3H3;5-10H,3-4H2,1-2H3;1-2H3/t2*7-,8?,9?,10+,11?,12?,13+;;/m00../s1. The Balaban J connectivity index is 0. The average Bonchev–Trinajstić information content (AvgIpc) is 3.65. The van der Waals surface area contributed by atoms with Crippen molar-refractivity contribution in [3.8, 4) is 0 Å². The minimum Gasteiger partial charge on any atom is -0.394 e. The van der Waals surface area contributed by atoms with Gasteiger partial charge in [0.1, 0.15) is 67.1 Å². The third kappa shape index (κ3) is 22.0. The molecule has 0 aliphatic carbocycles. The van der Waals surface area contributed by atoms with E-state index in [1.54, 1.807) is 21.1 Å². The lowest BCUT2D eigenvalue weighted by atomic mass is 10.0. The van der Waals surface area contributed by atoms with E-state index in [1.807, 2.05) is 6.92 Å². The van der Waals surface area contributed by atoms with Crippen molar-refractivity contribution < 1.29 is 108 Å². The molecule has 0 aromatic carbocycles. The summed E-state index contributed by atoms with van der Waals surface area (Å²) in [6.45, 7) is 2.99. The van der Waals surface area contributed by atoms with Gasteiger partial charge in [0, 0.05) is 68.7 Å². The van der Waals surface area contributed by atoms with Crippen LogP contribution in [0.25, 0.3) is 0 Å². The first-order chi connectivity index (χ1) is 26.9. The lowest BCUT2D eigenvalue weighted by molar-refractivity contribution is -0.184. The summed E-state index contributed by atoms with van der Waals surface area (Å²) < 4.78 is 54.8. The van der Waals surface area contributed by atoms with Crippen LogP contribution in [0.1, 0.15) is 13.8 Å². The second-order valence-electron chi connectivity index (χ2n) is 13.4. The summed E-state index contributed by atoms with van der Waals surface area (Å²) >= 11 is 0. The molecule has 57 heavy (non-hydrogen) atoms. The number of ether oxygens (including phenoxy) is 11. The van der Waals surface area contributed by atoms with Crippen LogP contribution >= 0.6 is 0 Å². The number of aliphatic hydroxyl groups is 11. The molecular weight excluding hydrogens is 772 g/mol. The van der Waals surface area contributed by atoms with Crippen LogP contribution in [-0.2, 0) is 52.1 Å². The highest BCUT2D eigenvalue weighted by atomic mass is 16.7. The summed E-state index contributed by atoms with van der Waals surface area (Å²) in [5.41, 5.74) is 0. The van der Waals surface area contributed by atoms with Gasteiger partial charge in [-0.15, -0.1) is 0 Å². The van der Waals surface area contributed by atoms with Gasteiger partial charge in [0.25, 0.3) is 0 Å². The van der Waals surface area contributed by atoms with Gasteiger partial charge in [0.15, 0.2) is 12.6 Å². The molecule has 11 N–H and O–H groups in total. The maximum atomic E-state index is 9.94. The molecule has 2 saturated heterocycles. The van der Waals surface area contributed by atoms with Crippen LogP contribution in [0.2, 0.25) is 0 Å². The minimum atomic E-state index is -1.39. The van der Waals surface area contributed by atoms with Gasteiger partial charge in [-0.1, -0.05) is 13.8 Å². The van der Waals surface area contributed by atoms with Gasteiger partial charge in [0.2, 0.25) is 0 Å². The molecular formula is C35H74O22. The van der Waals surface area contributed by atoms with Crippen molar-refractivity contribution in [3.63, 3.8) is 0 Å². The summed E-state index contributed by atoms with van der Waals surface area (Å²) in [4.78, 5) is 0. The second kappa shape index (κ2) is 33.8. The first-order valence-corrected chi connectivity index (χ1v) is 18.3. The largest absolute Gasteiger partial charge is 0.394 e. The van der Waals surface area contributed by atoms with E-state index in [1.165, 1.54) is 42.7 Å². The van der Waals surface area contributed by atoms with E-state index in [-0.39, 0.29) is 70.8 Å². The first-order valence-electron chi connectivity index (χ1n) is 18.3. The fourth-order valence-electron chi connectivity index (χ4n) is 5.37. The predicted octanol–water partition coefficient (Wildman–Crippen LogP) is -5.17. The van der Waals surface area contributed by atoms with Crippen molar-refractivity contribution in [3.05, 3.63) is 0 Å². The van der Waals surface area contributed by atoms with Crippen molar-refractivity contribution in [2.45, 2.75) is 106 Å². The molecule has 2 aliphatic heterocycles. The van der Waals surface area contributed by atoms with Crippen molar-refractivity contribution >= 4 is 0 Å². The Morgan fingerprint density at radius 3 is 1.07 bits per heavy atom. The number of hydrogen-bond donors (Lipinski definition) is 11. The van der Waals surface area contributed by atoms with E-state index in [0.717, 1.165) is 0 Å². The minimum absolute atomic E-state index is 0.0120. The van der Waals surface area contributed by atoms with Crippen LogP contribution in [0.5, 0.6) is 0 Å². The molecule has 0 spiro atoms. The topological polar surface area (TPSA) is 324 Å². The van der Waals surface area contributed by atoms with Crippen LogP contribution < -0.4 is 0 Å². The molecule has 22 heteroatoms. The van der Waals surface area contributed by atoms with E-state index in [9.17, 15) is 46.0 Å². The monoisotopic (exact) mass is 846 g/mol. The lowest BCUT2D eigenvalue weighted by Crippen LogP contribution is -2.43. The molecule has 0 aromatic rings. The summed E-state index contributed by atoms with van der Waals surface area (Å²) in [7, 11) is 11.8. The van der Waals surface area contributed by atoms with E-state index >= 15 is 0 Å². The molecule has 0 amide bonds. The van der Waals surface area contributed by atoms with Gasteiger partial charge in [-0.25, -0.2) is 0 Å². The molecule has 0 bridgehead atoms. The lowest BCUT2D eigenvalue weighted by Gasteiger charge is -2.24. The highest BCUT2D eigenvalue weighted by Gasteiger charge is 2.44. The Morgan fingerprint density at radius 2 is 0.789 bits per heavy atom. The molecule has 22 nitrogen and oxygen atoms in total. The summed E-state index contributed by atoms with van der Waals surface area (Å²) in [5.74, 6) is -0.432. The first kappa shape index (κ1) is 58.2. The van der Waals surface area contributed by atoms with Crippen LogP contribution in [-0.4, -0.2) is 258 Å². The smallest absolute Gasteiger partial charge is 0.163 e. The van der Waals surface area contributed by atoms with E-state index in [4.69, 9.17) is 48.1 Å². The van der Waals surface area contributed by atoms with Gasteiger partial charge in [-0.2, -0.15) is 0 Å². The van der Waals surface area contributed by atoms with E-state index < -0.39 is 85.8 Å². The number of aliphatic hydroxyl groups excluding tert-OH is 11. The third-order valence-corrected chi connectivity index (χ3v) is 8.64. The average molecular weight is 847 g/mol. The summed E-state index contributed by atoms with van der Waals surface area (Å²) in [6.07, 6.45) is -14.5. The molecule has 346 valence electrons. The Morgan fingerprint density at radius 1 is 0.474 bits per heavy atom. The van der Waals surface area contributed by atoms with Gasteiger partial charge in [-0.3, -0.25) is 0 Å². The van der Waals surface area contributed by atoms with E-state index in [2.05, 4.69) is 14.2 Å². The quantitative estimate of drug-likeness (QED) is 0.0433. The number of methoxy groups -OCH3 is 7. The molecule has 2 rings (SSSR count). The van der Waals surface area contributed by atoms with Crippen molar-refractivity contribution in [2.24, 2.45) is 11.8 Å². The molecule has 0 aromatic heterocycles. The molecule has 10 unspecified atom stereocenters. The van der Waals surface area contributed by atoms with Crippen LogP contribution in [0.3, 0.4) is 0 Å². The molecule has 0 radical (unpaired) electrons. The predicted molar refractivity (Wildman–Crippen MR) is 198 cm³/mol. The Hall–Kier alpha value is -0.880. The van der Waals surface area contributed by atoms with Gasteiger partial charge in [-0.05, 0) is 0 Å².